The highest BCUT2D eigenvalue weighted by Crippen LogP contribution is 2.69. The number of fused-ring (bicyclic) bond motifs is 5. The fraction of sp³-hybridized carbons (Fsp3) is 1.00. The number of hydrogen-bond acceptors (Lipinski definition) is 8. The predicted octanol–water partition coefficient (Wildman–Crippen LogP) is 0.410. The molecule has 0 unspecified atom stereocenters. The van der Waals surface area contributed by atoms with Gasteiger partial charge in [0.15, 0.2) is 0 Å². The molecule has 0 saturated heterocycles. The molecule has 0 aromatic carbocycles. The third-order valence-corrected chi connectivity index (χ3v) is 11.3. The first-order valence-corrected chi connectivity index (χ1v) is 13.7. The van der Waals surface area contributed by atoms with Crippen molar-refractivity contribution < 1.29 is 40.9 Å². The van der Waals surface area contributed by atoms with Crippen molar-refractivity contribution in [2.75, 3.05) is 6.61 Å². The van der Waals surface area contributed by atoms with Crippen molar-refractivity contribution >= 4 is 0 Å². The van der Waals surface area contributed by atoms with Gasteiger partial charge in [-0.25, -0.2) is 0 Å². The van der Waals surface area contributed by atoms with Crippen LogP contribution < -0.4 is 0 Å². The minimum Gasteiger partial charge on any atom is -0.396 e. The summed E-state index contributed by atoms with van der Waals surface area (Å²) in [6.07, 6.45) is -3.02. The molecule has 4 saturated carbocycles. The molecule has 8 nitrogen and oxygen atoms in total. The molecule has 8 heteroatoms. The molecule has 0 radical (unpaired) electrons. The second kappa shape index (κ2) is 9.45. The van der Waals surface area contributed by atoms with Crippen LogP contribution in [0.4, 0.5) is 0 Å². The summed E-state index contributed by atoms with van der Waals surface area (Å²) in [5.74, 6) is -2.15. The van der Waals surface area contributed by atoms with E-state index in [1.54, 1.807) is 0 Å². The van der Waals surface area contributed by atoms with E-state index in [2.05, 4.69) is 6.92 Å². The van der Waals surface area contributed by atoms with E-state index in [1.807, 2.05) is 20.8 Å². The normalized spacial score (nSPS) is 55.5. The van der Waals surface area contributed by atoms with E-state index in [1.165, 1.54) is 0 Å². The molecule has 4 aliphatic carbocycles. The largest absolute Gasteiger partial charge is 0.396 e. The lowest BCUT2D eigenvalue weighted by molar-refractivity contribution is -0.322. The first kappa shape index (κ1) is 27.7. The van der Waals surface area contributed by atoms with Gasteiger partial charge in [0.2, 0.25) is 0 Å². The molecule has 0 bridgehead atoms. The van der Waals surface area contributed by atoms with Gasteiger partial charge in [-0.2, -0.15) is 0 Å². The number of aliphatic hydroxyl groups is 8. The van der Waals surface area contributed by atoms with Gasteiger partial charge < -0.3 is 40.9 Å². The SMILES string of the molecule is C[C@H](CO)CCC[C@@H](C)[C@H]1[C@@H](O)[C@H](O)[C@@H]2[C@]1(C)CC[C@@H]1[C@@]3(C)CC[C@H](O)[C@H](O)[C@@H]3[C@@H](O)[C@@H](O)[C@]12O. The summed E-state index contributed by atoms with van der Waals surface area (Å²) in [6, 6.07) is 0. The van der Waals surface area contributed by atoms with Gasteiger partial charge in [0.1, 0.15) is 11.7 Å². The lowest BCUT2D eigenvalue weighted by atomic mass is 9.40. The molecular formula is C27H48O8. The zero-order valence-electron chi connectivity index (χ0n) is 21.7. The molecule has 35 heavy (non-hydrogen) atoms. The molecule has 4 fully saturated rings. The predicted molar refractivity (Wildman–Crippen MR) is 129 cm³/mol. The topological polar surface area (TPSA) is 162 Å². The lowest BCUT2D eigenvalue weighted by Crippen LogP contribution is -2.76. The fourth-order valence-electron chi connectivity index (χ4n) is 9.61. The van der Waals surface area contributed by atoms with Crippen LogP contribution in [-0.4, -0.2) is 89.7 Å². The van der Waals surface area contributed by atoms with Crippen molar-refractivity contribution in [1.82, 2.24) is 0 Å². The van der Waals surface area contributed by atoms with Crippen molar-refractivity contribution in [3.8, 4) is 0 Å². The molecule has 0 aromatic heterocycles. The van der Waals surface area contributed by atoms with Crippen LogP contribution >= 0.6 is 0 Å². The van der Waals surface area contributed by atoms with Crippen molar-refractivity contribution in [2.45, 2.75) is 115 Å². The Morgan fingerprint density at radius 2 is 1.43 bits per heavy atom. The molecule has 204 valence electrons. The van der Waals surface area contributed by atoms with Crippen LogP contribution in [0.15, 0.2) is 0 Å². The Hall–Kier alpha value is -0.320. The Labute approximate surface area is 209 Å². The second-order valence-electron chi connectivity index (χ2n) is 13.2. The highest BCUT2D eigenvalue weighted by Gasteiger charge is 2.76. The molecule has 0 heterocycles. The van der Waals surface area contributed by atoms with Gasteiger partial charge in [-0.15, -0.1) is 0 Å². The minimum absolute atomic E-state index is 0.0568. The summed E-state index contributed by atoms with van der Waals surface area (Å²) in [4.78, 5) is 0. The zero-order chi connectivity index (χ0) is 26.1. The van der Waals surface area contributed by atoms with E-state index < -0.39 is 70.8 Å². The average Bonchev–Trinajstić information content (AvgIpc) is 3.00. The van der Waals surface area contributed by atoms with Gasteiger partial charge in [0.05, 0.1) is 30.5 Å². The van der Waals surface area contributed by atoms with Gasteiger partial charge >= 0.3 is 0 Å². The first-order valence-electron chi connectivity index (χ1n) is 13.7. The van der Waals surface area contributed by atoms with Gasteiger partial charge in [-0.1, -0.05) is 40.5 Å². The molecule has 0 aliphatic heterocycles. The van der Waals surface area contributed by atoms with E-state index in [0.717, 1.165) is 19.3 Å². The Kier molecular flexibility index (Phi) is 7.48. The third-order valence-electron chi connectivity index (χ3n) is 11.3. The van der Waals surface area contributed by atoms with Crippen LogP contribution in [0.2, 0.25) is 0 Å². The van der Waals surface area contributed by atoms with Gasteiger partial charge in [-0.3, -0.25) is 0 Å². The number of hydrogen-bond donors (Lipinski definition) is 8. The summed E-state index contributed by atoms with van der Waals surface area (Å²) in [7, 11) is 0. The third kappa shape index (κ3) is 3.85. The van der Waals surface area contributed by atoms with E-state index in [9.17, 15) is 40.9 Å². The smallest absolute Gasteiger partial charge is 0.110 e. The zero-order valence-corrected chi connectivity index (χ0v) is 21.7. The summed E-state index contributed by atoms with van der Waals surface area (Å²) < 4.78 is 0. The molecule has 15 atom stereocenters. The lowest BCUT2D eigenvalue weighted by Gasteiger charge is -2.67. The minimum atomic E-state index is -1.83. The number of rotatable bonds is 6. The number of aliphatic hydroxyl groups excluding tert-OH is 7. The molecule has 0 aromatic rings. The Morgan fingerprint density at radius 1 is 0.800 bits per heavy atom. The molecular weight excluding hydrogens is 452 g/mol. The Morgan fingerprint density at radius 3 is 2.06 bits per heavy atom. The molecule has 0 spiro atoms. The van der Waals surface area contributed by atoms with Gasteiger partial charge in [0.25, 0.3) is 0 Å². The maximum Gasteiger partial charge on any atom is 0.110 e. The molecule has 4 rings (SSSR count). The molecule has 4 aliphatic rings. The fourth-order valence-corrected chi connectivity index (χ4v) is 9.61. The van der Waals surface area contributed by atoms with Gasteiger partial charge in [0, 0.05) is 18.4 Å². The average molecular weight is 501 g/mol. The van der Waals surface area contributed by atoms with E-state index >= 15 is 0 Å². The summed E-state index contributed by atoms with van der Waals surface area (Å²) in [5.41, 5.74) is -3.22. The summed E-state index contributed by atoms with van der Waals surface area (Å²) in [5, 5.41) is 88.0. The highest BCUT2D eigenvalue weighted by atomic mass is 16.4. The standard InChI is InChI=1S/C27H48O8/c1-13(12-28)6-5-7-14(2)17-20(31)22(33)23-26(17,4)11-9-16-25(3)10-8-15(29)19(30)18(25)21(32)24(34)27(16,23)35/h13-24,28-35H,5-12H2,1-4H3/t13-,14+,15-,16+,17-,18+,19-,20+,21+,22-,23+,24+,25+,26+,27-/m0/s1. The first-order chi connectivity index (χ1) is 16.3. The maximum atomic E-state index is 12.3. The van der Waals surface area contributed by atoms with Crippen LogP contribution in [0.3, 0.4) is 0 Å². The van der Waals surface area contributed by atoms with E-state index in [-0.39, 0.29) is 24.4 Å². The van der Waals surface area contributed by atoms with Crippen LogP contribution in [0.5, 0.6) is 0 Å². The van der Waals surface area contributed by atoms with E-state index in [4.69, 9.17) is 0 Å². The maximum absolute atomic E-state index is 12.3. The van der Waals surface area contributed by atoms with Crippen molar-refractivity contribution in [2.24, 2.45) is 46.3 Å². The van der Waals surface area contributed by atoms with Crippen LogP contribution in [0.25, 0.3) is 0 Å². The summed E-state index contributed by atoms with van der Waals surface area (Å²) >= 11 is 0. The second-order valence-corrected chi connectivity index (χ2v) is 13.2. The van der Waals surface area contributed by atoms with E-state index in [0.29, 0.717) is 25.7 Å². The van der Waals surface area contributed by atoms with Crippen LogP contribution in [0.1, 0.15) is 72.6 Å². The molecule has 8 N–H and O–H groups in total. The quantitative estimate of drug-likeness (QED) is 0.260. The Balaban J connectivity index is 1.67. The van der Waals surface area contributed by atoms with Crippen molar-refractivity contribution in [3.63, 3.8) is 0 Å². The van der Waals surface area contributed by atoms with Crippen LogP contribution in [-0.2, 0) is 0 Å². The monoisotopic (exact) mass is 500 g/mol. The van der Waals surface area contributed by atoms with Gasteiger partial charge in [-0.05, 0) is 66.6 Å². The Bertz CT molecular complexity index is 765. The van der Waals surface area contributed by atoms with Crippen molar-refractivity contribution in [1.29, 1.82) is 0 Å². The summed E-state index contributed by atoms with van der Waals surface area (Å²) in [6.45, 7) is 8.11. The van der Waals surface area contributed by atoms with Crippen molar-refractivity contribution in [3.05, 3.63) is 0 Å². The highest BCUT2D eigenvalue weighted by molar-refractivity contribution is 5.25. The van der Waals surface area contributed by atoms with Crippen LogP contribution in [0, 0.1) is 46.3 Å². The molecule has 0 amide bonds.